The molecule has 142 valence electrons. The Hall–Kier alpha value is -2.77. The van der Waals surface area contributed by atoms with Crippen LogP contribution in [0.1, 0.15) is 10.6 Å². The van der Waals surface area contributed by atoms with Crippen LogP contribution in [0.15, 0.2) is 47.3 Å². The van der Waals surface area contributed by atoms with Crippen molar-refractivity contribution in [3.8, 4) is 17.0 Å². The normalized spacial score (nSPS) is 11.1. The highest BCUT2D eigenvalue weighted by molar-refractivity contribution is 7.19. The van der Waals surface area contributed by atoms with Crippen LogP contribution in [0, 0.1) is 12.7 Å². The standard InChI is InChI=1S/C20H15ClFN3O2S/c1-11-23-18-19(28-11)17(12-6-8-13(27-2)9-7-12)24-25(20(18)26)10-14-15(21)4-3-5-16(14)22/h3-9H,10H2,1-2H3. The molecule has 4 rings (SSSR count). The van der Waals surface area contributed by atoms with Crippen molar-refractivity contribution in [1.82, 2.24) is 14.8 Å². The van der Waals surface area contributed by atoms with Gasteiger partial charge in [0.25, 0.3) is 5.56 Å². The number of thiazole rings is 1. The summed E-state index contributed by atoms with van der Waals surface area (Å²) in [5.74, 6) is 0.230. The van der Waals surface area contributed by atoms with Crippen LogP contribution in [-0.2, 0) is 6.54 Å². The highest BCUT2D eigenvalue weighted by Crippen LogP contribution is 2.30. The number of nitrogens with zero attached hydrogens (tertiary/aromatic N) is 3. The van der Waals surface area contributed by atoms with E-state index in [0.717, 1.165) is 10.6 Å². The zero-order valence-electron chi connectivity index (χ0n) is 15.1. The third kappa shape index (κ3) is 3.27. The molecule has 0 saturated heterocycles. The molecule has 5 nitrogen and oxygen atoms in total. The van der Waals surface area contributed by atoms with Crippen LogP contribution in [0.3, 0.4) is 0 Å². The first-order valence-corrected chi connectivity index (χ1v) is 9.63. The van der Waals surface area contributed by atoms with Crippen LogP contribution in [0.4, 0.5) is 4.39 Å². The Kier molecular flexibility index (Phi) is 4.87. The Morgan fingerprint density at radius 1 is 1.21 bits per heavy atom. The van der Waals surface area contributed by atoms with Crippen molar-refractivity contribution in [3.63, 3.8) is 0 Å². The van der Waals surface area contributed by atoms with Crippen molar-refractivity contribution in [1.29, 1.82) is 0 Å². The summed E-state index contributed by atoms with van der Waals surface area (Å²) in [4.78, 5) is 17.3. The SMILES string of the molecule is COc1ccc(-c2nn(Cc3c(F)cccc3Cl)c(=O)c3nc(C)sc23)cc1. The van der Waals surface area contributed by atoms with Crippen molar-refractivity contribution in [3.05, 3.63) is 74.2 Å². The van der Waals surface area contributed by atoms with E-state index in [-0.39, 0.29) is 22.7 Å². The number of methoxy groups -OCH3 is 1. The minimum atomic E-state index is -0.484. The summed E-state index contributed by atoms with van der Waals surface area (Å²) in [6, 6.07) is 11.8. The van der Waals surface area contributed by atoms with E-state index in [9.17, 15) is 9.18 Å². The molecule has 0 radical (unpaired) electrons. The fraction of sp³-hybridized carbons (Fsp3) is 0.150. The molecule has 0 aliphatic carbocycles. The van der Waals surface area contributed by atoms with Crippen molar-refractivity contribution < 1.29 is 9.13 Å². The molecule has 2 heterocycles. The molecule has 0 amide bonds. The number of aromatic nitrogens is 3. The van der Waals surface area contributed by atoms with Gasteiger partial charge in [0.2, 0.25) is 0 Å². The lowest BCUT2D eigenvalue weighted by Gasteiger charge is -2.11. The lowest BCUT2D eigenvalue weighted by atomic mass is 10.1. The van der Waals surface area contributed by atoms with Crippen LogP contribution in [0.5, 0.6) is 5.75 Å². The molecular weight excluding hydrogens is 401 g/mol. The molecule has 8 heteroatoms. The monoisotopic (exact) mass is 415 g/mol. The third-order valence-corrected chi connectivity index (χ3v) is 5.67. The second-order valence-corrected chi connectivity index (χ2v) is 7.76. The molecule has 0 saturated carbocycles. The molecule has 4 aromatic rings. The van der Waals surface area contributed by atoms with Crippen molar-refractivity contribution in [2.45, 2.75) is 13.5 Å². The molecule has 0 N–H and O–H groups in total. The maximum absolute atomic E-state index is 14.2. The second kappa shape index (κ2) is 7.33. The number of aryl methyl sites for hydroxylation is 1. The maximum atomic E-state index is 14.2. The van der Waals surface area contributed by atoms with Gasteiger partial charge in [0.1, 0.15) is 17.3 Å². The van der Waals surface area contributed by atoms with Crippen LogP contribution in [0.2, 0.25) is 5.02 Å². The predicted molar refractivity (Wildman–Crippen MR) is 109 cm³/mol. The Bertz CT molecular complexity index is 1210. The average Bonchev–Trinajstić information content (AvgIpc) is 3.08. The van der Waals surface area contributed by atoms with Crippen molar-refractivity contribution in [2.24, 2.45) is 0 Å². The largest absolute Gasteiger partial charge is 0.497 e. The van der Waals surface area contributed by atoms with Crippen LogP contribution in [-0.4, -0.2) is 21.9 Å². The molecule has 0 unspecified atom stereocenters. The zero-order valence-corrected chi connectivity index (χ0v) is 16.6. The van der Waals surface area contributed by atoms with Gasteiger partial charge < -0.3 is 4.74 Å². The van der Waals surface area contributed by atoms with E-state index in [1.165, 1.54) is 28.2 Å². The quantitative estimate of drug-likeness (QED) is 0.485. The van der Waals surface area contributed by atoms with E-state index in [2.05, 4.69) is 10.1 Å². The van der Waals surface area contributed by atoms with E-state index < -0.39 is 5.82 Å². The van der Waals surface area contributed by atoms with Crippen molar-refractivity contribution >= 4 is 33.2 Å². The molecule has 2 aromatic heterocycles. The Morgan fingerprint density at radius 3 is 2.64 bits per heavy atom. The van der Waals surface area contributed by atoms with Crippen LogP contribution in [0.25, 0.3) is 21.5 Å². The summed E-state index contributed by atoms with van der Waals surface area (Å²) in [5.41, 5.74) is 1.57. The minimum absolute atomic E-state index is 0.0833. The first-order chi connectivity index (χ1) is 13.5. The van der Waals surface area contributed by atoms with Gasteiger partial charge in [-0.1, -0.05) is 17.7 Å². The second-order valence-electron chi connectivity index (χ2n) is 6.15. The zero-order chi connectivity index (χ0) is 19.8. The topological polar surface area (TPSA) is 57.0 Å². The fourth-order valence-electron chi connectivity index (χ4n) is 2.94. The van der Waals surface area contributed by atoms with E-state index in [1.807, 2.05) is 31.2 Å². The highest BCUT2D eigenvalue weighted by Gasteiger charge is 2.18. The van der Waals surface area contributed by atoms with Gasteiger partial charge in [-0.3, -0.25) is 4.79 Å². The van der Waals surface area contributed by atoms with Gasteiger partial charge in [-0.15, -0.1) is 11.3 Å². The van der Waals surface area contributed by atoms with E-state index in [0.29, 0.717) is 21.7 Å². The van der Waals surface area contributed by atoms with Gasteiger partial charge in [0.05, 0.1) is 23.4 Å². The molecule has 0 bridgehead atoms. The Labute approximate surface area is 169 Å². The molecule has 0 spiro atoms. The smallest absolute Gasteiger partial charge is 0.294 e. The van der Waals surface area contributed by atoms with Gasteiger partial charge in [0, 0.05) is 16.1 Å². The lowest BCUT2D eigenvalue weighted by Crippen LogP contribution is -2.25. The van der Waals surface area contributed by atoms with Crippen LogP contribution >= 0.6 is 22.9 Å². The first-order valence-electron chi connectivity index (χ1n) is 8.43. The summed E-state index contributed by atoms with van der Waals surface area (Å²) in [6.45, 7) is 1.75. The summed E-state index contributed by atoms with van der Waals surface area (Å²) in [7, 11) is 1.59. The van der Waals surface area contributed by atoms with E-state index in [1.54, 1.807) is 13.2 Å². The van der Waals surface area contributed by atoms with Gasteiger partial charge in [-0.25, -0.2) is 14.1 Å². The number of hydrogen-bond acceptors (Lipinski definition) is 5. The van der Waals surface area contributed by atoms with Crippen LogP contribution < -0.4 is 10.3 Å². The van der Waals surface area contributed by atoms with Crippen molar-refractivity contribution in [2.75, 3.05) is 7.11 Å². The van der Waals surface area contributed by atoms with E-state index in [4.69, 9.17) is 16.3 Å². The number of rotatable bonds is 4. The highest BCUT2D eigenvalue weighted by atomic mass is 35.5. The molecule has 2 aromatic carbocycles. The fourth-order valence-corrected chi connectivity index (χ4v) is 4.08. The summed E-state index contributed by atoms with van der Waals surface area (Å²) in [6.07, 6.45) is 0. The summed E-state index contributed by atoms with van der Waals surface area (Å²) >= 11 is 7.53. The van der Waals surface area contributed by atoms with Gasteiger partial charge in [0.15, 0.2) is 5.52 Å². The number of fused-ring (bicyclic) bond motifs is 1. The molecule has 28 heavy (non-hydrogen) atoms. The van der Waals surface area contributed by atoms with Gasteiger partial charge in [-0.05, 0) is 43.3 Å². The number of halogens is 2. The summed E-state index contributed by atoms with van der Waals surface area (Å²) < 4.78 is 21.4. The first kappa shape index (κ1) is 18.6. The molecule has 0 fully saturated rings. The van der Waals surface area contributed by atoms with Gasteiger partial charge >= 0.3 is 0 Å². The van der Waals surface area contributed by atoms with E-state index >= 15 is 0 Å². The molecular formula is C20H15ClFN3O2S. The Balaban J connectivity index is 1.92. The average molecular weight is 416 g/mol. The Morgan fingerprint density at radius 2 is 1.96 bits per heavy atom. The number of ether oxygens (including phenoxy) is 1. The third-order valence-electron chi connectivity index (χ3n) is 4.34. The molecule has 0 aliphatic rings. The lowest BCUT2D eigenvalue weighted by molar-refractivity contribution is 0.415. The minimum Gasteiger partial charge on any atom is -0.497 e. The number of hydrogen-bond donors (Lipinski definition) is 0. The number of benzene rings is 2. The van der Waals surface area contributed by atoms with Gasteiger partial charge in [-0.2, -0.15) is 5.10 Å². The maximum Gasteiger partial charge on any atom is 0.294 e. The predicted octanol–water partition coefficient (Wildman–Crippen LogP) is 4.68. The molecule has 0 aliphatic heterocycles. The molecule has 0 atom stereocenters. The summed E-state index contributed by atoms with van der Waals surface area (Å²) in [5, 5.41) is 5.53.